The zero-order valence-electron chi connectivity index (χ0n) is 15.3. The van der Waals surface area contributed by atoms with Crippen LogP contribution in [0.3, 0.4) is 0 Å². The molecular weight excluding hydrogens is 356 g/mol. The third kappa shape index (κ3) is 3.05. The minimum Gasteiger partial charge on any atom is -0.396 e. The summed E-state index contributed by atoms with van der Waals surface area (Å²) in [7, 11) is 0. The van der Waals surface area contributed by atoms with Gasteiger partial charge in [0.05, 0.1) is 0 Å². The van der Waals surface area contributed by atoms with Crippen LogP contribution in [0.5, 0.6) is 0 Å². The normalized spacial score (nSPS) is 16.8. The number of nitrogens with zero attached hydrogens (tertiary/aromatic N) is 1. The molecule has 0 amide bonds. The van der Waals surface area contributed by atoms with Gasteiger partial charge in [-0.15, -0.1) is 12.4 Å². The van der Waals surface area contributed by atoms with Gasteiger partial charge in [0, 0.05) is 38.8 Å². The average Bonchev–Trinajstić information content (AvgIpc) is 2.71. The van der Waals surface area contributed by atoms with E-state index in [2.05, 4.69) is 64.8 Å². The van der Waals surface area contributed by atoms with E-state index in [9.17, 15) is 5.11 Å². The fourth-order valence-electron chi connectivity index (χ4n) is 4.70. The summed E-state index contributed by atoms with van der Waals surface area (Å²) in [6.45, 7) is 4.33. The summed E-state index contributed by atoms with van der Waals surface area (Å²) in [5.74, 6) is 0. The van der Waals surface area contributed by atoms with E-state index in [0.29, 0.717) is 0 Å². The highest BCUT2D eigenvalue weighted by Crippen LogP contribution is 2.39. The first-order valence-electron chi connectivity index (χ1n) is 9.59. The fraction of sp³-hybridized carbons (Fsp3) is 0.304. The van der Waals surface area contributed by atoms with Crippen molar-refractivity contribution in [1.82, 2.24) is 10.2 Å². The number of benzene rings is 4. The molecule has 5 rings (SSSR count). The summed E-state index contributed by atoms with van der Waals surface area (Å²) >= 11 is 0. The summed E-state index contributed by atoms with van der Waals surface area (Å²) in [5, 5.41) is 21.2. The Morgan fingerprint density at radius 2 is 1.48 bits per heavy atom. The number of aliphatic hydroxyl groups is 1. The smallest absolute Gasteiger partial charge is 0.0449 e. The van der Waals surface area contributed by atoms with Gasteiger partial charge in [0.2, 0.25) is 0 Å². The Balaban J connectivity index is 0.00000180. The van der Waals surface area contributed by atoms with Crippen LogP contribution in [-0.4, -0.2) is 42.8 Å². The van der Waals surface area contributed by atoms with E-state index in [4.69, 9.17) is 0 Å². The predicted molar refractivity (Wildman–Crippen MR) is 116 cm³/mol. The molecule has 2 N–H and O–H groups in total. The maximum atomic E-state index is 9.73. The standard InChI is InChI=1S/C23H24N2O.ClH/c26-15-10-21(25-13-11-24-12-14-25)19-8-6-18-5-4-16-2-1-3-17-7-9-20(19)23(18)22(16)17;/h1-9,21,24,26H,10-15H2;1H/t21-;/m1./s1. The molecule has 0 saturated carbocycles. The maximum absolute atomic E-state index is 9.73. The van der Waals surface area contributed by atoms with Crippen LogP contribution in [0.2, 0.25) is 0 Å². The van der Waals surface area contributed by atoms with Crippen molar-refractivity contribution >= 4 is 44.7 Å². The average molecular weight is 381 g/mol. The lowest BCUT2D eigenvalue weighted by atomic mass is 9.88. The van der Waals surface area contributed by atoms with Gasteiger partial charge in [-0.25, -0.2) is 0 Å². The molecule has 1 saturated heterocycles. The predicted octanol–water partition coefficient (Wildman–Crippen LogP) is 4.33. The highest BCUT2D eigenvalue weighted by atomic mass is 35.5. The van der Waals surface area contributed by atoms with Crippen LogP contribution >= 0.6 is 12.4 Å². The summed E-state index contributed by atoms with van der Waals surface area (Å²) in [5.41, 5.74) is 1.35. The van der Waals surface area contributed by atoms with Crippen LogP contribution in [0.15, 0.2) is 54.6 Å². The Labute approximate surface area is 165 Å². The number of rotatable bonds is 4. The zero-order chi connectivity index (χ0) is 17.5. The van der Waals surface area contributed by atoms with Gasteiger partial charge in [-0.2, -0.15) is 0 Å². The first kappa shape index (κ1) is 18.5. The Morgan fingerprint density at radius 3 is 2.19 bits per heavy atom. The molecule has 4 heteroatoms. The van der Waals surface area contributed by atoms with E-state index >= 15 is 0 Å². The Morgan fingerprint density at radius 1 is 0.852 bits per heavy atom. The molecule has 4 aromatic carbocycles. The van der Waals surface area contributed by atoms with Crippen LogP contribution in [0, 0.1) is 0 Å². The lowest BCUT2D eigenvalue weighted by Gasteiger charge is -2.35. The molecule has 0 bridgehead atoms. The fourth-order valence-corrected chi connectivity index (χ4v) is 4.70. The molecular formula is C23H25ClN2O. The highest BCUT2D eigenvalue weighted by Gasteiger charge is 2.24. The van der Waals surface area contributed by atoms with E-state index in [1.54, 1.807) is 0 Å². The number of hydrogen-bond donors (Lipinski definition) is 2. The molecule has 4 aromatic rings. The van der Waals surface area contributed by atoms with Crippen molar-refractivity contribution in [3.63, 3.8) is 0 Å². The lowest BCUT2D eigenvalue weighted by Crippen LogP contribution is -2.45. The van der Waals surface area contributed by atoms with Gasteiger partial charge in [0.1, 0.15) is 0 Å². The van der Waals surface area contributed by atoms with Crippen molar-refractivity contribution in [1.29, 1.82) is 0 Å². The lowest BCUT2D eigenvalue weighted by molar-refractivity contribution is 0.142. The zero-order valence-corrected chi connectivity index (χ0v) is 16.1. The molecule has 1 aliphatic rings. The van der Waals surface area contributed by atoms with Crippen molar-refractivity contribution in [2.75, 3.05) is 32.8 Å². The third-order valence-electron chi connectivity index (χ3n) is 5.92. The van der Waals surface area contributed by atoms with Gasteiger partial charge in [-0.1, -0.05) is 54.6 Å². The highest BCUT2D eigenvalue weighted by molar-refractivity contribution is 6.23. The van der Waals surface area contributed by atoms with Crippen LogP contribution < -0.4 is 5.32 Å². The number of piperazine rings is 1. The van der Waals surface area contributed by atoms with E-state index in [1.807, 2.05) is 0 Å². The van der Waals surface area contributed by atoms with E-state index in [1.165, 1.54) is 37.9 Å². The van der Waals surface area contributed by atoms with Crippen molar-refractivity contribution in [2.24, 2.45) is 0 Å². The van der Waals surface area contributed by atoms with E-state index < -0.39 is 0 Å². The molecule has 1 fully saturated rings. The second-order valence-electron chi connectivity index (χ2n) is 7.32. The summed E-state index contributed by atoms with van der Waals surface area (Å²) in [6, 6.07) is 20.4. The van der Waals surface area contributed by atoms with Crippen LogP contribution in [0.25, 0.3) is 32.3 Å². The quantitative estimate of drug-likeness (QED) is 0.517. The summed E-state index contributed by atoms with van der Waals surface area (Å²) < 4.78 is 0. The molecule has 140 valence electrons. The molecule has 1 atom stereocenters. The van der Waals surface area contributed by atoms with Gasteiger partial charge in [0.25, 0.3) is 0 Å². The SMILES string of the molecule is Cl.OCC[C@H](c1ccc2ccc3cccc4ccc1c2c34)N1CCNCC1. The van der Waals surface area contributed by atoms with Crippen LogP contribution in [-0.2, 0) is 0 Å². The van der Waals surface area contributed by atoms with Gasteiger partial charge in [0.15, 0.2) is 0 Å². The second-order valence-corrected chi connectivity index (χ2v) is 7.32. The van der Waals surface area contributed by atoms with Crippen LogP contribution in [0.1, 0.15) is 18.0 Å². The number of aliphatic hydroxyl groups excluding tert-OH is 1. The number of nitrogens with one attached hydrogen (secondary N) is 1. The second kappa shape index (κ2) is 7.61. The molecule has 0 unspecified atom stereocenters. The first-order valence-corrected chi connectivity index (χ1v) is 9.59. The Hall–Kier alpha value is -1.91. The summed E-state index contributed by atoms with van der Waals surface area (Å²) in [6.07, 6.45) is 0.782. The first-order chi connectivity index (χ1) is 12.9. The topological polar surface area (TPSA) is 35.5 Å². The van der Waals surface area contributed by atoms with E-state index in [0.717, 1.165) is 32.6 Å². The van der Waals surface area contributed by atoms with Gasteiger partial charge in [-0.3, -0.25) is 4.90 Å². The minimum absolute atomic E-state index is 0. The molecule has 1 heterocycles. The molecule has 0 aromatic heterocycles. The van der Waals surface area contributed by atoms with Gasteiger partial charge in [-0.05, 0) is 44.3 Å². The third-order valence-corrected chi connectivity index (χ3v) is 5.92. The largest absolute Gasteiger partial charge is 0.396 e. The molecule has 1 aliphatic heterocycles. The molecule has 3 nitrogen and oxygen atoms in total. The minimum atomic E-state index is 0. The number of halogens is 1. The van der Waals surface area contributed by atoms with Gasteiger partial charge >= 0.3 is 0 Å². The molecule has 0 radical (unpaired) electrons. The monoisotopic (exact) mass is 380 g/mol. The van der Waals surface area contributed by atoms with Crippen molar-refractivity contribution in [2.45, 2.75) is 12.5 Å². The molecule has 27 heavy (non-hydrogen) atoms. The maximum Gasteiger partial charge on any atom is 0.0449 e. The van der Waals surface area contributed by atoms with Gasteiger partial charge < -0.3 is 10.4 Å². The van der Waals surface area contributed by atoms with E-state index in [-0.39, 0.29) is 25.1 Å². The van der Waals surface area contributed by atoms with Crippen molar-refractivity contribution in [3.8, 4) is 0 Å². The number of hydrogen-bond acceptors (Lipinski definition) is 3. The van der Waals surface area contributed by atoms with Crippen molar-refractivity contribution < 1.29 is 5.11 Å². The molecule has 0 aliphatic carbocycles. The summed E-state index contributed by atoms with van der Waals surface area (Å²) in [4.78, 5) is 2.53. The Kier molecular flexibility index (Phi) is 5.20. The van der Waals surface area contributed by atoms with Crippen LogP contribution in [0.4, 0.5) is 0 Å². The van der Waals surface area contributed by atoms with Crippen molar-refractivity contribution in [3.05, 3.63) is 60.2 Å². The Bertz CT molecular complexity index is 1040. The molecule has 0 spiro atoms.